The molecule has 0 atom stereocenters. The number of Topliss-reactive ketones (excluding diaryl/α,β-unsaturated/α-hetero) is 2. The Morgan fingerprint density at radius 1 is 1.29 bits per heavy atom. The third-order valence-corrected chi connectivity index (χ3v) is 3.98. The number of aliphatic hydroxyl groups is 1. The topological polar surface area (TPSA) is 92.2 Å². The number of aliphatic hydroxyl groups excluding tert-OH is 1. The Morgan fingerprint density at radius 2 is 2.04 bits per heavy atom. The van der Waals surface area contributed by atoms with Gasteiger partial charge in [-0.15, -0.1) is 0 Å². The van der Waals surface area contributed by atoms with Gasteiger partial charge in [-0.3, -0.25) is 9.59 Å². The van der Waals surface area contributed by atoms with Gasteiger partial charge >= 0.3 is 0 Å². The van der Waals surface area contributed by atoms with Gasteiger partial charge in [0.25, 0.3) is 0 Å². The largest absolute Gasteiger partial charge is 0.388 e. The van der Waals surface area contributed by atoms with Crippen LogP contribution in [0.15, 0.2) is 36.2 Å². The summed E-state index contributed by atoms with van der Waals surface area (Å²) in [5.41, 5.74) is 3.52. The zero-order valence-corrected chi connectivity index (χ0v) is 13.2. The van der Waals surface area contributed by atoms with Crippen molar-refractivity contribution in [1.29, 1.82) is 0 Å². The molecule has 0 spiro atoms. The van der Waals surface area contributed by atoms with Crippen LogP contribution in [0.3, 0.4) is 0 Å². The molecule has 24 heavy (non-hydrogen) atoms. The summed E-state index contributed by atoms with van der Waals surface area (Å²) in [4.78, 5) is 32.8. The van der Waals surface area contributed by atoms with Gasteiger partial charge in [-0.05, 0) is 28.8 Å². The molecule has 0 aliphatic heterocycles. The van der Waals surface area contributed by atoms with E-state index in [0.717, 1.165) is 16.8 Å². The predicted molar refractivity (Wildman–Crippen MR) is 89.3 cm³/mol. The van der Waals surface area contributed by atoms with Crippen molar-refractivity contribution >= 4 is 23.3 Å². The van der Waals surface area contributed by atoms with Crippen LogP contribution < -0.4 is 5.32 Å². The molecule has 2 N–H and O–H groups in total. The third-order valence-electron chi connectivity index (χ3n) is 3.98. The number of ketones is 2. The first-order valence-electron chi connectivity index (χ1n) is 7.60. The number of aromatic nitrogens is 2. The van der Waals surface area contributed by atoms with Gasteiger partial charge < -0.3 is 10.4 Å². The van der Waals surface area contributed by atoms with E-state index in [2.05, 4.69) is 15.3 Å². The van der Waals surface area contributed by atoms with E-state index in [9.17, 15) is 9.59 Å². The number of carbonyl (C=O) groups excluding carboxylic acids is 2. The van der Waals surface area contributed by atoms with Crippen molar-refractivity contribution < 1.29 is 14.7 Å². The van der Waals surface area contributed by atoms with E-state index in [-0.39, 0.29) is 36.6 Å². The van der Waals surface area contributed by atoms with Crippen LogP contribution in [0, 0.1) is 0 Å². The molecule has 1 aromatic carbocycles. The maximum Gasteiger partial charge on any atom is 0.170 e. The number of fused-ring (bicyclic) bond motifs is 1. The smallest absolute Gasteiger partial charge is 0.170 e. The van der Waals surface area contributed by atoms with Gasteiger partial charge in [0.05, 0.1) is 5.57 Å². The average molecular weight is 323 g/mol. The van der Waals surface area contributed by atoms with Crippen molar-refractivity contribution in [2.75, 3.05) is 12.4 Å². The van der Waals surface area contributed by atoms with Gasteiger partial charge in [-0.25, -0.2) is 9.97 Å². The van der Waals surface area contributed by atoms with Crippen molar-refractivity contribution in [3.05, 3.63) is 58.7 Å². The van der Waals surface area contributed by atoms with Crippen LogP contribution in [0.5, 0.6) is 0 Å². The zero-order valence-electron chi connectivity index (χ0n) is 13.2. The van der Waals surface area contributed by atoms with Crippen molar-refractivity contribution in [2.45, 2.75) is 19.4 Å². The lowest BCUT2D eigenvalue weighted by Crippen LogP contribution is -2.21. The van der Waals surface area contributed by atoms with Crippen LogP contribution in [-0.4, -0.2) is 33.7 Å². The van der Waals surface area contributed by atoms with Crippen LogP contribution in [0.1, 0.15) is 22.5 Å². The first kappa shape index (κ1) is 16.0. The van der Waals surface area contributed by atoms with Crippen LogP contribution >= 0.6 is 0 Å². The van der Waals surface area contributed by atoms with Crippen molar-refractivity contribution in [3.63, 3.8) is 0 Å². The minimum absolute atomic E-state index is 0.0599. The van der Waals surface area contributed by atoms with E-state index >= 15 is 0 Å². The van der Waals surface area contributed by atoms with Crippen LogP contribution in [0.25, 0.3) is 6.08 Å². The second-order valence-electron chi connectivity index (χ2n) is 5.55. The Balaban J connectivity index is 1.86. The molecule has 1 aromatic heterocycles. The molecule has 0 bridgehead atoms. The van der Waals surface area contributed by atoms with Gasteiger partial charge in [0.15, 0.2) is 17.4 Å². The minimum Gasteiger partial charge on any atom is -0.388 e. The summed E-state index contributed by atoms with van der Waals surface area (Å²) in [5.74, 6) is -0.128. The Bertz CT molecular complexity index is 826. The van der Waals surface area contributed by atoms with Crippen molar-refractivity contribution in [2.24, 2.45) is 0 Å². The summed E-state index contributed by atoms with van der Waals surface area (Å²) in [6.45, 7) is -0.248. The number of nitrogens with one attached hydrogen (secondary N) is 1. The number of carbonyl (C=O) groups is 2. The van der Waals surface area contributed by atoms with Gasteiger partial charge in [-0.1, -0.05) is 12.1 Å². The van der Waals surface area contributed by atoms with Crippen molar-refractivity contribution in [1.82, 2.24) is 9.97 Å². The lowest BCUT2D eigenvalue weighted by Gasteiger charge is -2.18. The summed E-state index contributed by atoms with van der Waals surface area (Å²) in [7, 11) is 1.81. The molecule has 1 aliphatic rings. The maximum absolute atomic E-state index is 12.5. The molecule has 0 unspecified atom stereocenters. The number of allylic oxidation sites excluding steroid dienone is 1. The molecule has 1 heterocycles. The van der Waals surface area contributed by atoms with E-state index in [4.69, 9.17) is 5.11 Å². The lowest BCUT2D eigenvalue weighted by atomic mass is 9.87. The molecule has 0 fully saturated rings. The second kappa shape index (κ2) is 6.72. The summed E-state index contributed by atoms with van der Waals surface area (Å²) in [6.07, 6.45) is 4.93. The molecule has 0 saturated carbocycles. The highest BCUT2D eigenvalue weighted by atomic mass is 16.3. The Labute approximate surface area is 139 Å². The minimum atomic E-state index is -0.249. The number of hydrogen-bond donors (Lipinski definition) is 2. The summed E-state index contributed by atoms with van der Waals surface area (Å²) in [5, 5.41) is 12.0. The summed E-state index contributed by atoms with van der Waals surface area (Å²) < 4.78 is 0. The zero-order chi connectivity index (χ0) is 17.1. The number of nitrogens with zero attached hydrogens (tertiary/aromatic N) is 2. The fourth-order valence-corrected chi connectivity index (χ4v) is 2.73. The second-order valence-corrected chi connectivity index (χ2v) is 5.55. The normalized spacial score (nSPS) is 13.2. The first-order chi connectivity index (χ1) is 11.6. The molecule has 0 radical (unpaired) electrons. The number of hydrogen-bond acceptors (Lipinski definition) is 6. The molecule has 6 nitrogen and oxygen atoms in total. The molecule has 6 heteroatoms. The fourth-order valence-electron chi connectivity index (χ4n) is 2.73. The fraction of sp³-hybridized carbons (Fsp3) is 0.222. The van der Waals surface area contributed by atoms with Crippen LogP contribution in [0.4, 0.5) is 5.69 Å². The van der Waals surface area contributed by atoms with E-state index in [1.165, 1.54) is 12.4 Å². The van der Waals surface area contributed by atoms with Gasteiger partial charge in [0, 0.05) is 38.0 Å². The highest BCUT2D eigenvalue weighted by Crippen LogP contribution is 2.28. The Morgan fingerprint density at radius 3 is 2.71 bits per heavy atom. The molecule has 122 valence electrons. The summed E-state index contributed by atoms with van der Waals surface area (Å²) in [6, 6.07) is 5.70. The van der Waals surface area contributed by atoms with Crippen molar-refractivity contribution in [3.8, 4) is 0 Å². The number of benzene rings is 1. The van der Waals surface area contributed by atoms with E-state index < -0.39 is 0 Å². The molecule has 0 saturated heterocycles. The van der Waals surface area contributed by atoms with E-state index in [0.29, 0.717) is 11.4 Å². The molecule has 0 amide bonds. The van der Waals surface area contributed by atoms with Gasteiger partial charge in [0.1, 0.15) is 6.61 Å². The average Bonchev–Trinajstić information content (AvgIpc) is 2.61. The molecule has 3 rings (SSSR count). The van der Waals surface area contributed by atoms with Gasteiger partial charge in [-0.2, -0.15) is 0 Å². The maximum atomic E-state index is 12.5. The van der Waals surface area contributed by atoms with Gasteiger partial charge in [0.2, 0.25) is 0 Å². The first-order valence-corrected chi connectivity index (χ1v) is 7.60. The standard InChI is InChI=1S/C18H17N3O3/c1-19-15-4-2-3-12-6-14(17(24)7-13(12)15)16(23)5-11-8-20-18(10-22)21-9-11/h2-4,6,8-9,19,22H,5,7,10H2,1H3. The molecular weight excluding hydrogens is 306 g/mol. The number of anilines is 1. The Kier molecular flexibility index (Phi) is 4.48. The van der Waals surface area contributed by atoms with E-state index in [1.807, 2.05) is 18.2 Å². The summed E-state index contributed by atoms with van der Waals surface area (Å²) >= 11 is 0. The molecular formula is C18H17N3O3. The van der Waals surface area contributed by atoms with E-state index in [1.54, 1.807) is 13.1 Å². The van der Waals surface area contributed by atoms with Crippen LogP contribution in [0.2, 0.25) is 0 Å². The SMILES string of the molecule is CNc1cccc2c1CC(=O)C(C(=O)Cc1cnc(CO)nc1)=C2. The monoisotopic (exact) mass is 323 g/mol. The Hall–Kier alpha value is -2.86. The quantitative estimate of drug-likeness (QED) is 0.807. The molecule has 2 aromatic rings. The third kappa shape index (κ3) is 3.09. The molecule has 1 aliphatic carbocycles. The van der Waals surface area contributed by atoms with Crippen LogP contribution in [-0.2, 0) is 29.0 Å². The highest BCUT2D eigenvalue weighted by molar-refractivity contribution is 6.25. The lowest BCUT2D eigenvalue weighted by molar-refractivity contribution is -0.120. The highest BCUT2D eigenvalue weighted by Gasteiger charge is 2.25. The predicted octanol–water partition coefficient (Wildman–Crippen LogP) is 1.33. The number of rotatable bonds is 5.